The van der Waals surface area contributed by atoms with Gasteiger partial charge in [0, 0.05) is 28.3 Å². The van der Waals surface area contributed by atoms with E-state index in [4.69, 9.17) is 0 Å². The van der Waals surface area contributed by atoms with Crippen LogP contribution in [0.5, 0.6) is 0 Å². The SMILES string of the molecule is CB(O)NCc1ccc(Nc2ncc3cc(Br)ccc3n2)cc1. The number of nitrogens with one attached hydrogen (secondary N) is 2. The third kappa shape index (κ3) is 4.28. The van der Waals surface area contributed by atoms with E-state index in [1.165, 1.54) is 0 Å². The third-order valence-corrected chi connectivity index (χ3v) is 3.85. The van der Waals surface area contributed by atoms with Gasteiger partial charge in [0.1, 0.15) is 0 Å². The predicted octanol–water partition coefficient (Wildman–Crippen LogP) is 3.34. The maximum atomic E-state index is 9.22. The van der Waals surface area contributed by atoms with Crippen LogP contribution >= 0.6 is 15.9 Å². The summed E-state index contributed by atoms with van der Waals surface area (Å²) in [4.78, 5) is 8.84. The molecule has 23 heavy (non-hydrogen) atoms. The fourth-order valence-corrected chi connectivity index (χ4v) is 2.54. The molecule has 1 heterocycles. The van der Waals surface area contributed by atoms with Gasteiger partial charge in [-0.2, -0.15) is 0 Å². The Bertz CT molecular complexity index is 811. The van der Waals surface area contributed by atoms with Crippen LogP contribution in [-0.2, 0) is 6.54 Å². The zero-order chi connectivity index (χ0) is 16.2. The summed E-state index contributed by atoms with van der Waals surface area (Å²) in [5.74, 6) is 0.565. The van der Waals surface area contributed by atoms with Crippen LogP contribution in [0.3, 0.4) is 0 Å². The first kappa shape index (κ1) is 15.9. The van der Waals surface area contributed by atoms with E-state index in [1.807, 2.05) is 42.5 Å². The Labute approximate surface area is 143 Å². The predicted molar refractivity (Wildman–Crippen MR) is 97.6 cm³/mol. The topological polar surface area (TPSA) is 70.1 Å². The van der Waals surface area contributed by atoms with Crippen molar-refractivity contribution in [2.75, 3.05) is 5.32 Å². The molecule has 0 aliphatic rings. The van der Waals surface area contributed by atoms with Crippen LogP contribution in [0, 0.1) is 0 Å². The first-order valence-electron chi connectivity index (χ1n) is 7.30. The molecule has 0 atom stereocenters. The number of benzene rings is 2. The number of hydrogen-bond donors (Lipinski definition) is 3. The third-order valence-electron chi connectivity index (χ3n) is 3.35. The molecule has 2 aromatic carbocycles. The van der Waals surface area contributed by atoms with Crippen molar-refractivity contribution < 1.29 is 5.02 Å². The second-order valence-corrected chi connectivity index (χ2v) is 6.19. The van der Waals surface area contributed by atoms with Crippen LogP contribution in [0.2, 0.25) is 6.82 Å². The summed E-state index contributed by atoms with van der Waals surface area (Å²) in [6, 6.07) is 13.8. The van der Waals surface area contributed by atoms with Crippen molar-refractivity contribution in [2.24, 2.45) is 0 Å². The zero-order valence-corrected chi connectivity index (χ0v) is 14.2. The highest BCUT2D eigenvalue weighted by Gasteiger charge is 2.03. The van der Waals surface area contributed by atoms with Crippen molar-refractivity contribution in [3.05, 3.63) is 58.7 Å². The minimum absolute atomic E-state index is 0.515. The molecule has 3 aromatic rings. The first-order chi connectivity index (χ1) is 11.1. The summed E-state index contributed by atoms with van der Waals surface area (Å²) in [5.41, 5.74) is 2.91. The summed E-state index contributed by atoms with van der Waals surface area (Å²) in [5, 5.41) is 16.4. The van der Waals surface area contributed by atoms with E-state index in [-0.39, 0.29) is 0 Å². The van der Waals surface area contributed by atoms with Gasteiger partial charge in [-0.3, -0.25) is 0 Å². The van der Waals surface area contributed by atoms with Crippen molar-refractivity contribution in [2.45, 2.75) is 13.4 Å². The monoisotopic (exact) mass is 370 g/mol. The molecule has 116 valence electrons. The van der Waals surface area contributed by atoms with Crippen molar-refractivity contribution in [1.82, 2.24) is 15.2 Å². The lowest BCUT2D eigenvalue weighted by Crippen LogP contribution is -2.29. The normalized spacial score (nSPS) is 10.7. The number of hydrogen-bond acceptors (Lipinski definition) is 5. The summed E-state index contributed by atoms with van der Waals surface area (Å²) >= 11 is 3.44. The molecule has 3 rings (SSSR count). The molecule has 0 unspecified atom stereocenters. The molecule has 0 aliphatic carbocycles. The summed E-state index contributed by atoms with van der Waals surface area (Å²) < 4.78 is 1.01. The van der Waals surface area contributed by atoms with Gasteiger partial charge in [-0.1, -0.05) is 28.1 Å². The van der Waals surface area contributed by atoms with Gasteiger partial charge in [-0.15, -0.1) is 0 Å². The standard InChI is InChI=1S/C16H16BBrN4O/c1-17(23)20-9-11-2-5-14(6-3-11)21-16-19-10-12-8-13(18)4-7-15(12)22-16/h2-8,10,20,23H,9H2,1H3,(H,19,21,22). The van der Waals surface area contributed by atoms with Gasteiger partial charge < -0.3 is 15.6 Å². The fourth-order valence-electron chi connectivity index (χ4n) is 2.17. The smallest absolute Gasteiger partial charge is 0.373 e. The van der Waals surface area contributed by atoms with E-state index >= 15 is 0 Å². The lowest BCUT2D eigenvalue weighted by molar-refractivity contribution is 0.554. The maximum absolute atomic E-state index is 9.22. The van der Waals surface area contributed by atoms with E-state index in [0.29, 0.717) is 12.5 Å². The Kier molecular flexibility index (Phi) is 4.90. The molecular formula is C16H16BBrN4O. The number of anilines is 2. The van der Waals surface area contributed by atoms with E-state index in [2.05, 4.69) is 36.4 Å². The molecule has 1 aromatic heterocycles. The molecule has 0 radical (unpaired) electrons. The quantitative estimate of drug-likeness (QED) is 0.601. The van der Waals surface area contributed by atoms with Crippen LogP contribution in [0.1, 0.15) is 5.56 Å². The lowest BCUT2D eigenvalue weighted by atomic mass is 9.88. The summed E-state index contributed by atoms with van der Waals surface area (Å²) in [6.45, 7) is 2.32. The second kappa shape index (κ2) is 7.08. The summed E-state index contributed by atoms with van der Waals surface area (Å²) in [7, 11) is -0.515. The maximum Gasteiger partial charge on any atom is 0.373 e. The van der Waals surface area contributed by atoms with Crippen molar-refractivity contribution in [3.63, 3.8) is 0 Å². The second-order valence-electron chi connectivity index (χ2n) is 5.28. The van der Waals surface area contributed by atoms with Gasteiger partial charge in [0.25, 0.3) is 0 Å². The molecule has 0 spiro atoms. The highest BCUT2D eigenvalue weighted by atomic mass is 79.9. The number of aromatic nitrogens is 2. The number of fused-ring (bicyclic) bond motifs is 1. The molecule has 0 fully saturated rings. The molecule has 0 saturated carbocycles. The van der Waals surface area contributed by atoms with Gasteiger partial charge >= 0.3 is 7.05 Å². The Morgan fingerprint density at radius 3 is 2.70 bits per heavy atom. The lowest BCUT2D eigenvalue weighted by Gasteiger charge is -2.08. The minimum Gasteiger partial charge on any atom is -0.437 e. The number of rotatable bonds is 5. The van der Waals surface area contributed by atoms with Crippen LogP contribution in [0.15, 0.2) is 53.1 Å². The molecule has 5 nitrogen and oxygen atoms in total. The van der Waals surface area contributed by atoms with E-state index in [0.717, 1.165) is 26.6 Å². The molecule has 0 saturated heterocycles. The van der Waals surface area contributed by atoms with Gasteiger partial charge in [0.05, 0.1) is 5.52 Å². The first-order valence-corrected chi connectivity index (χ1v) is 8.09. The molecule has 0 bridgehead atoms. The Balaban J connectivity index is 1.72. The van der Waals surface area contributed by atoms with E-state index in [1.54, 1.807) is 13.0 Å². The summed E-state index contributed by atoms with van der Waals surface area (Å²) in [6.07, 6.45) is 1.80. The highest BCUT2D eigenvalue weighted by Crippen LogP contribution is 2.20. The van der Waals surface area contributed by atoms with E-state index < -0.39 is 7.05 Å². The Hall–Kier alpha value is -1.96. The minimum atomic E-state index is -0.515. The van der Waals surface area contributed by atoms with Crippen LogP contribution in [0.4, 0.5) is 11.6 Å². The Morgan fingerprint density at radius 2 is 1.96 bits per heavy atom. The van der Waals surface area contributed by atoms with Crippen LogP contribution in [-0.4, -0.2) is 22.0 Å². The molecule has 0 aliphatic heterocycles. The van der Waals surface area contributed by atoms with Gasteiger partial charge in [-0.25, -0.2) is 9.97 Å². The fraction of sp³-hybridized carbons (Fsp3) is 0.125. The average Bonchev–Trinajstić information content (AvgIpc) is 2.54. The molecule has 3 N–H and O–H groups in total. The Morgan fingerprint density at radius 1 is 1.17 bits per heavy atom. The largest absolute Gasteiger partial charge is 0.437 e. The zero-order valence-electron chi connectivity index (χ0n) is 12.6. The molecule has 7 heteroatoms. The average molecular weight is 371 g/mol. The number of halogens is 1. The van der Waals surface area contributed by atoms with Crippen molar-refractivity contribution in [1.29, 1.82) is 0 Å². The number of nitrogens with zero attached hydrogens (tertiary/aromatic N) is 2. The molecular weight excluding hydrogens is 355 g/mol. The van der Waals surface area contributed by atoms with Crippen LogP contribution < -0.4 is 10.5 Å². The van der Waals surface area contributed by atoms with Crippen molar-refractivity contribution >= 4 is 45.5 Å². The van der Waals surface area contributed by atoms with Gasteiger partial charge in [0.2, 0.25) is 5.95 Å². The molecule has 0 amide bonds. The van der Waals surface area contributed by atoms with Gasteiger partial charge in [0.15, 0.2) is 0 Å². The van der Waals surface area contributed by atoms with E-state index in [9.17, 15) is 5.02 Å². The van der Waals surface area contributed by atoms with Crippen LogP contribution in [0.25, 0.3) is 10.9 Å². The highest BCUT2D eigenvalue weighted by molar-refractivity contribution is 9.10. The van der Waals surface area contributed by atoms with Gasteiger partial charge in [-0.05, 0) is 42.7 Å². The van der Waals surface area contributed by atoms with Crippen molar-refractivity contribution in [3.8, 4) is 0 Å².